The lowest BCUT2D eigenvalue weighted by Gasteiger charge is -2.26. The maximum absolute atomic E-state index is 12.8. The van der Waals surface area contributed by atoms with Gasteiger partial charge in [-0.1, -0.05) is 12.1 Å². The molecule has 12 heteroatoms. The second-order valence-electron chi connectivity index (χ2n) is 8.49. The first kappa shape index (κ1) is 24.4. The molecule has 0 unspecified atom stereocenters. The number of ether oxygens (including phenoxy) is 1. The number of morpholine rings is 1. The number of benzene rings is 1. The number of carbonyl (C=O) groups excluding carboxylic acids is 2. The fourth-order valence-corrected chi connectivity index (χ4v) is 4.00. The van der Waals surface area contributed by atoms with Gasteiger partial charge in [-0.25, -0.2) is 14.3 Å². The van der Waals surface area contributed by atoms with Crippen LogP contribution in [-0.4, -0.2) is 68.2 Å². The van der Waals surface area contributed by atoms with Crippen molar-refractivity contribution in [3.8, 4) is 0 Å². The Balaban J connectivity index is 1.34. The van der Waals surface area contributed by atoms with E-state index in [4.69, 9.17) is 4.74 Å². The van der Waals surface area contributed by atoms with Gasteiger partial charge in [-0.3, -0.25) is 23.9 Å². The molecule has 0 radical (unpaired) electrons. The van der Waals surface area contributed by atoms with Crippen LogP contribution in [0.1, 0.15) is 12.0 Å². The van der Waals surface area contributed by atoms with Crippen LogP contribution in [0, 0.1) is 0 Å². The van der Waals surface area contributed by atoms with E-state index < -0.39 is 23.7 Å². The Bertz CT molecular complexity index is 1350. The number of fused-ring (bicyclic) bond motifs is 1. The van der Waals surface area contributed by atoms with Gasteiger partial charge in [0.25, 0.3) is 5.56 Å². The third-order valence-corrected chi connectivity index (χ3v) is 5.96. The summed E-state index contributed by atoms with van der Waals surface area (Å²) in [6, 6.07) is 7.16. The minimum atomic E-state index is -0.613. The number of aryl methyl sites for hydroxylation is 2. The minimum Gasteiger partial charge on any atom is -0.379 e. The molecule has 4 rings (SSSR count). The molecule has 0 saturated carbocycles. The summed E-state index contributed by atoms with van der Waals surface area (Å²) in [7, 11) is 3.16. The largest absolute Gasteiger partial charge is 0.379 e. The number of imidazole rings is 1. The average Bonchev–Trinajstić information content (AvgIpc) is 3.25. The van der Waals surface area contributed by atoms with Crippen LogP contribution in [0.25, 0.3) is 11.2 Å². The molecule has 2 N–H and O–H groups in total. The van der Waals surface area contributed by atoms with Gasteiger partial charge in [-0.15, -0.1) is 0 Å². The molecule has 3 aromatic rings. The minimum absolute atomic E-state index is 0.0848. The Morgan fingerprint density at radius 2 is 1.89 bits per heavy atom. The van der Waals surface area contributed by atoms with Gasteiger partial charge in [0.2, 0.25) is 11.8 Å². The van der Waals surface area contributed by atoms with Crippen molar-refractivity contribution in [2.24, 2.45) is 14.1 Å². The highest BCUT2D eigenvalue weighted by Gasteiger charge is 2.17. The van der Waals surface area contributed by atoms with Crippen LogP contribution < -0.4 is 21.9 Å². The van der Waals surface area contributed by atoms with Crippen molar-refractivity contribution in [3.63, 3.8) is 0 Å². The standard InChI is InChI=1S/C23H29N7O5/c1-27-15-25-21-20(27)22(33)30(23(34)28(21)2)14-19(32)24-13-16-4-3-5-17(12-16)26-18(31)6-7-29-8-10-35-11-9-29/h3-5,12,15H,6-11,13-14H2,1-2H3,(H,24,32)(H,26,31). The predicted molar refractivity (Wildman–Crippen MR) is 129 cm³/mol. The molecule has 0 atom stereocenters. The Morgan fingerprint density at radius 3 is 2.66 bits per heavy atom. The van der Waals surface area contributed by atoms with Gasteiger partial charge in [-0.2, -0.15) is 0 Å². The molecule has 12 nitrogen and oxygen atoms in total. The summed E-state index contributed by atoms with van der Waals surface area (Å²) in [5.41, 5.74) is 0.736. The quantitative estimate of drug-likeness (QED) is 0.438. The summed E-state index contributed by atoms with van der Waals surface area (Å²) in [5.74, 6) is -0.566. The number of rotatable bonds is 8. The van der Waals surface area contributed by atoms with Crippen LogP contribution in [0.5, 0.6) is 0 Å². The van der Waals surface area contributed by atoms with E-state index in [1.807, 2.05) is 6.07 Å². The maximum atomic E-state index is 12.8. The maximum Gasteiger partial charge on any atom is 0.332 e. The van der Waals surface area contributed by atoms with Crippen LogP contribution in [0.15, 0.2) is 40.2 Å². The second kappa shape index (κ2) is 10.7. The molecule has 0 bridgehead atoms. The fourth-order valence-electron chi connectivity index (χ4n) is 4.00. The monoisotopic (exact) mass is 483 g/mol. The Hall–Kier alpha value is -3.77. The van der Waals surface area contributed by atoms with Crippen molar-refractivity contribution in [2.75, 3.05) is 38.2 Å². The zero-order chi connectivity index (χ0) is 24.9. The van der Waals surface area contributed by atoms with E-state index in [1.54, 1.807) is 25.2 Å². The van der Waals surface area contributed by atoms with E-state index in [0.717, 1.165) is 23.2 Å². The van der Waals surface area contributed by atoms with Crippen LogP contribution in [-0.2, 0) is 41.5 Å². The third kappa shape index (κ3) is 5.66. The number of anilines is 1. The molecule has 0 aliphatic carbocycles. The lowest BCUT2D eigenvalue weighted by atomic mass is 10.2. The zero-order valence-corrected chi connectivity index (χ0v) is 19.8. The SMILES string of the molecule is Cn1cnc2c1c(=O)n(CC(=O)NCc1cccc(NC(=O)CCN3CCOCC3)c1)c(=O)n2C. The number of hydrogen-bond acceptors (Lipinski definition) is 7. The molecule has 1 aliphatic rings. The molecule has 1 aliphatic heterocycles. The first-order chi connectivity index (χ1) is 16.8. The lowest BCUT2D eigenvalue weighted by molar-refractivity contribution is -0.122. The van der Waals surface area contributed by atoms with Crippen molar-refractivity contribution >= 4 is 28.7 Å². The zero-order valence-electron chi connectivity index (χ0n) is 19.8. The van der Waals surface area contributed by atoms with Gasteiger partial charge in [0.15, 0.2) is 11.2 Å². The van der Waals surface area contributed by atoms with Gasteiger partial charge >= 0.3 is 5.69 Å². The molecule has 1 aromatic carbocycles. The van der Waals surface area contributed by atoms with Crippen LogP contribution in [0.4, 0.5) is 5.69 Å². The van der Waals surface area contributed by atoms with Crippen LogP contribution in [0.3, 0.4) is 0 Å². The molecule has 0 spiro atoms. The number of carbonyl (C=O) groups is 2. The van der Waals surface area contributed by atoms with E-state index in [-0.39, 0.29) is 23.6 Å². The number of nitrogens with zero attached hydrogens (tertiary/aromatic N) is 5. The normalized spacial score (nSPS) is 14.2. The molecular formula is C23H29N7O5. The number of aromatic nitrogens is 4. The van der Waals surface area contributed by atoms with Crippen molar-refractivity contribution in [3.05, 3.63) is 57.0 Å². The first-order valence-corrected chi connectivity index (χ1v) is 11.4. The Morgan fingerprint density at radius 1 is 1.11 bits per heavy atom. The number of hydrogen-bond donors (Lipinski definition) is 2. The van der Waals surface area contributed by atoms with E-state index in [1.165, 1.54) is 22.5 Å². The predicted octanol–water partition coefficient (Wildman–Crippen LogP) is -0.589. The molecule has 3 heterocycles. The summed E-state index contributed by atoms with van der Waals surface area (Å²) < 4.78 is 8.97. The Kier molecular flexibility index (Phi) is 7.42. The van der Waals surface area contributed by atoms with Crippen molar-refractivity contribution in [2.45, 2.75) is 19.5 Å². The highest BCUT2D eigenvalue weighted by molar-refractivity contribution is 5.90. The molecular weight excluding hydrogens is 454 g/mol. The van der Waals surface area contributed by atoms with Crippen molar-refractivity contribution < 1.29 is 14.3 Å². The van der Waals surface area contributed by atoms with E-state index in [9.17, 15) is 19.2 Å². The van der Waals surface area contributed by atoms with Crippen LogP contribution in [0.2, 0.25) is 0 Å². The Labute approximate surface area is 201 Å². The third-order valence-electron chi connectivity index (χ3n) is 5.96. The van der Waals surface area contributed by atoms with Gasteiger partial charge in [-0.05, 0) is 17.7 Å². The smallest absolute Gasteiger partial charge is 0.332 e. The van der Waals surface area contributed by atoms with Gasteiger partial charge < -0.3 is 19.9 Å². The first-order valence-electron chi connectivity index (χ1n) is 11.4. The van der Waals surface area contributed by atoms with Crippen LogP contribution >= 0.6 is 0 Å². The van der Waals surface area contributed by atoms with Crippen molar-refractivity contribution in [1.29, 1.82) is 0 Å². The van der Waals surface area contributed by atoms with Gasteiger partial charge in [0, 0.05) is 52.4 Å². The summed E-state index contributed by atoms with van der Waals surface area (Å²) in [6.07, 6.45) is 1.83. The number of nitrogens with one attached hydrogen (secondary N) is 2. The molecule has 2 amide bonds. The van der Waals surface area contributed by atoms with Gasteiger partial charge in [0.05, 0.1) is 19.5 Å². The second-order valence-corrected chi connectivity index (χ2v) is 8.49. The van der Waals surface area contributed by atoms with Crippen molar-refractivity contribution in [1.82, 2.24) is 28.9 Å². The average molecular weight is 484 g/mol. The highest BCUT2D eigenvalue weighted by atomic mass is 16.5. The fraction of sp³-hybridized carbons (Fsp3) is 0.435. The van der Waals surface area contributed by atoms with E-state index in [0.29, 0.717) is 31.9 Å². The molecule has 35 heavy (non-hydrogen) atoms. The summed E-state index contributed by atoms with van der Waals surface area (Å²) in [4.78, 5) is 56.4. The van der Waals surface area contributed by atoms with E-state index in [2.05, 4.69) is 20.5 Å². The number of amides is 2. The molecule has 2 aromatic heterocycles. The topological polar surface area (TPSA) is 132 Å². The molecule has 1 fully saturated rings. The highest BCUT2D eigenvalue weighted by Crippen LogP contribution is 2.11. The van der Waals surface area contributed by atoms with E-state index >= 15 is 0 Å². The molecule has 186 valence electrons. The summed E-state index contributed by atoms with van der Waals surface area (Å²) >= 11 is 0. The summed E-state index contributed by atoms with van der Waals surface area (Å²) in [5, 5.41) is 5.61. The lowest BCUT2D eigenvalue weighted by Crippen LogP contribution is -2.43. The summed E-state index contributed by atoms with van der Waals surface area (Å²) in [6.45, 7) is 3.48. The van der Waals surface area contributed by atoms with Gasteiger partial charge in [0.1, 0.15) is 6.54 Å². The molecule has 1 saturated heterocycles.